The molecule has 0 saturated heterocycles. The van der Waals surface area contributed by atoms with Crippen molar-refractivity contribution in [3.8, 4) is 0 Å². The molecule has 25 heavy (non-hydrogen) atoms. The number of rotatable bonds is 2. The summed E-state index contributed by atoms with van der Waals surface area (Å²) in [6.45, 7) is 0. The van der Waals surface area contributed by atoms with Crippen molar-refractivity contribution < 1.29 is 23.1 Å². The highest BCUT2D eigenvalue weighted by molar-refractivity contribution is 6.00. The number of nitrogens with one attached hydrogen (secondary N) is 2. The molecular weight excluding hydrogens is 333 g/mol. The first kappa shape index (κ1) is 17.3. The third-order valence-corrected chi connectivity index (χ3v) is 4.19. The number of fused-ring (bicyclic) bond motifs is 1. The fourth-order valence-corrected chi connectivity index (χ4v) is 3.00. The van der Waals surface area contributed by atoms with Crippen LogP contribution in [-0.2, 0) is 19.0 Å². The zero-order chi connectivity index (χ0) is 18.0. The number of anilines is 2. The molecule has 0 aliphatic heterocycles. The Morgan fingerprint density at radius 1 is 1.04 bits per heavy atom. The molecule has 2 amide bonds. The average Bonchev–Trinajstić information content (AvgIpc) is 2.55. The second kappa shape index (κ2) is 6.76. The SMILES string of the molecule is O=C(Nc1ccccc1C(F)(F)F)Nc1cccc2c1CC(O)CC2. The predicted octanol–water partition coefficient (Wildman–Crippen LogP) is 4.20. The molecule has 1 atom stereocenters. The molecule has 0 spiro atoms. The van der Waals surface area contributed by atoms with E-state index in [0.29, 0.717) is 24.9 Å². The van der Waals surface area contributed by atoms with Crippen LogP contribution >= 0.6 is 0 Å². The number of hydrogen-bond acceptors (Lipinski definition) is 2. The molecule has 0 aromatic heterocycles. The first-order valence-electron chi connectivity index (χ1n) is 7.87. The van der Waals surface area contributed by atoms with E-state index in [2.05, 4.69) is 10.6 Å². The summed E-state index contributed by atoms with van der Waals surface area (Å²) in [6.07, 6.45) is -3.28. The third-order valence-electron chi connectivity index (χ3n) is 4.19. The van der Waals surface area contributed by atoms with Crippen LogP contribution in [0.4, 0.5) is 29.3 Å². The predicted molar refractivity (Wildman–Crippen MR) is 88.6 cm³/mol. The van der Waals surface area contributed by atoms with Gasteiger partial charge in [0.05, 0.1) is 17.4 Å². The van der Waals surface area contributed by atoms with Gasteiger partial charge < -0.3 is 15.7 Å². The molecular formula is C18H17F3N2O2. The van der Waals surface area contributed by atoms with E-state index in [-0.39, 0.29) is 5.69 Å². The van der Waals surface area contributed by atoms with Crippen molar-refractivity contribution in [2.45, 2.75) is 31.5 Å². The number of para-hydroxylation sites is 1. The Morgan fingerprint density at radius 3 is 2.48 bits per heavy atom. The molecule has 0 fully saturated rings. The first-order valence-corrected chi connectivity index (χ1v) is 7.87. The summed E-state index contributed by atoms with van der Waals surface area (Å²) in [4.78, 5) is 12.2. The number of aryl methyl sites for hydroxylation is 1. The Balaban J connectivity index is 1.79. The fraction of sp³-hybridized carbons (Fsp3) is 0.278. The van der Waals surface area contributed by atoms with E-state index in [1.807, 2.05) is 6.07 Å². The zero-order valence-electron chi connectivity index (χ0n) is 13.2. The van der Waals surface area contributed by atoms with Crippen LogP contribution in [0.5, 0.6) is 0 Å². The molecule has 0 saturated carbocycles. The van der Waals surface area contributed by atoms with Crippen molar-refractivity contribution in [1.82, 2.24) is 0 Å². The molecule has 2 aromatic carbocycles. The lowest BCUT2D eigenvalue weighted by Gasteiger charge is -2.23. The van der Waals surface area contributed by atoms with Gasteiger partial charge in [-0.05, 0) is 42.2 Å². The maximum atomic E-state index is 13.0. The minimum absolute atomic E-state index is 0.308. The number of carbonyl (C=O) groups is 1. The number of aliphatic hydroxyl groups is 1. The van der Waals surface area contributed by atoms with Crippen LogP contribution in [0.3, 0.4) is 0 Å². The lowest BCUT2D eigenvalue weighted by Crippen LogP contribution is -2.25. The molecule has 132 valence electrons. The monoisotopic (exact) mass is 350 g/mol. The van der Waals surface area contributed by atoms with Crippen LogP contribution in [0.25, 0.3) is 0 Å². The second-order valence-electron chi connectivity index (χ2n) is 5.96. The molecule has 0 heterocycles. The summed E-state index contributed by atoms with van der Waals surface area (Å²) in [7, 11) is 0. The number of carbonyl (C=O) groups excluding carboxylic acids is 1. The number of aliphatic hydroxyl groups excluding tert-OH is 1. The van der Waals surface area contributed by atoms with Crippen LogP contribution in [0.15, 0.2) is 42.5 Å². The number of amides is 2. The van der Waals surface area contributed by atoms with E-state index in [0.717, 1.165) is 17.2 Å². The summed E-state index contributed by atoms with van der Waals surface area (Å²) in [6, 6.07) is 9.41. The van der Waals surface area contributed by atoms with Gasteiger partial charge in [-0.1, -0.05) is 24.3 Å². The van der Waals surface area contributed by atoms with Gasteiger partial charge >= 0.3 is 12.2 Å². The van der Waals surface area contributed by atoms with Gasteiger partial charge in [0.25, 0.3) is 0 Å². The molecule has 1 unspecified atom stereocenters. The highest BCUT2D eigenvalue weighted by Crippen LogP contribution is 2.34. The van der Waals surface area contributed by atoms with E-state index in [9.17, 15) is 23.1 Å². The van der Waals surface area contributed by atoms with Gasteiger partial charge in [-0.3, -0.25) is 0 Å². The largest absolute Gasteiger partial charge is 0.418 e. The fourth-order valence-electron chi connectivity index (χ4n) is 3.00. The van der Waals surface area contributed by atoms with Gasteiger partial charge in [-0.2, -0.15) is 13.2 Å². The number of urea groups is 1. The van der Waals surface area contributed by atoms with E-state index >= 15 is 0 Å². The zero-order valence-corrected chi connectivity index (χ0v) is 13.2. The number of halogens is 3. The summed E-state index contributed by atoms with van der Waals surface area (Å²) >= 11 is 0. The lowest BCUT2D eigenvalue weighted by atomic mass is 9.88. The maximum Gasteiger partial charge on any atom is 0.418 e. The molecule has 1 aliphatic rings. The molecule has 3 rings (SSSR count). The average molecular weight is 350 g/mol. The Kier molecular flexibility index (Phi) is 4.67. The van der Waals surface area contributed by atoms with Crippen LogP contribution in [0.2, 0.25) is 0 Å². The van der Waals surface area contributed by atoms with Crippen molar-refractivity contribution in [3.63, 3.8) is 0 Å². The van der Waals surface area contributed by atoms with E-state index < -0.39 is 23.9 Å². The van der Waals surface area contributed by atoms with Gasteiger partial charge in [0.2, 0.25) is 0 Å². The lowest BCUT2D eigenvalue weighted by molar-refractivity contribution is -0.136. The molecule has 0 radical (unpaired) electrons. The molecule has 3 N–H and O–H groups in total. The van der Waals surface area contributed by atoms with Gasteiger partial charge in [-0.15, -0.1) is 0 Å². The van der Waals surface area contributed by atoms with Gasteiger partial charge in [0, 0.05) is 12.1 Å². The Labute approximate surface area is 142 Å². The Bertz CT molecular complexity index is 790. The van der Waals surface area contributed by atoms with Crippen molar-refractivity contribution in [3.05, 3.63) is 59.2 Å². The van der Waals surface area contributed by atoms with Crippen LogP contribution < -0.4 is 10.6 Å². The highest BCUT2D eigenvalue weighted by Gasteiger charge is 2.33. The first-order chi connectivity index (χ1) is 11.8. The minimum atomic E-state index is -4.56. The van der Waals surface area contributed by atoms with Crippen molar-refractivity contribution in [2.24, 2.45) is 0 Å². The second-order valence-corrected chi connectivity index (χ2v) is 5.96. The number of hydrogen-bond donors (Lipinski definition) is 3. The molecule has 2 aromatic rings. The highest BCUT2D eigenvalue weighted by atomic mass is 19.4. The number of benzene rings is 2. The summed E-state index contributed by atoms with van der Waals surface area (Å²) < 4.78 is 39.0. The Morgan fingerprint density at radius 2 is 1.72 bits per heavy atom. The van der Waals surface area contributed by atoms with E-state index in [1.165, 1.54) is 18.2 Å². The smallest absolute Gasteiger partial charge is 0.393 e. The normalized spacial score (nSPS) is 16.9. The summed E-state index contributed by atoms with van der Waals surface area (Å²) in [5.74, 6) is 0. The van der Waals surface area contributed by atoms with Crippen LogP contribution in [-0.4, -0.2) is 17.2 Å². The Hall–Kier alpha value is -2.54. The van der Waals surface area contributed by atoms with Gasteiger partial charge in [0.1, 0.15) is 0 Å². The van der Waals surface area contributed by atoms with Crippen LogP contribution in [0, 0.1) is 0 Å². The molecule has 0 bridgehead atoms. The van der Waals surface area contributed by atoms with Crippen molar-refractivity contribution in [2.75, 3.05) is 10.6 Å². The summed E-state index contributed by atoms with van der Waals surface area (Å²) in [5, 5.41) is 14.7. The molecule has 7 heteroatoms. The van der Waals surface area contributed by atoms with Crippen molar-refractivity contribution in [1.29, 1.82) is 0 Å². The third kappa shape index (κ3) is 3.93. The van der Waals surface area contributed by atoms with E-state index in [4.69, 9.17) is 0 Å². The van der Waals surface area contributed by atoms with Gasteiger partial charge in [0.15, 0.2) is 0 Å². The van der Waals surface area contributed by atoms with E-state index in [1.54, 1.807) is 12.1 Å². The van der Waals surface area contributed by atoms with Gasteiger partial charge in [-0.25, -0.2) is 4.79 Å². The minimum Gasteiger partial charge on any atom is -0.393 e. The summed E-state index contributed by atoms with van der Waals surface area (Å²) in [5.41, 5.74) is 1.13. The van der Waals surface area contributed by atoms with Crippen LogP contribution in [0.1, 0.15) is 23.1 Å². The molecule has 4 nitrogen and oxygen atoms in total. The van der Waals surface area contributed by atoms with Crippen molar-refractivity contribution >= 4 is 17.4 Å². The molecule has 1 aliphatic carbocycles. The number of alkyl halides is 3. The standard InChI is InChI=1S/C18H17F3N2O2/c19-18(20,21)14-5-1-2-6-16(14)23-17(25)22-15-7-3-4-11-8-9-12(24)10-13(11)15/h1-7,12,24H,8-10H2,(H2,22,23,25). The topological polar surface area (TPSA) is 61.4 Å². The maximum absolute atomic E-state index is 13.0. The quantitative estimate of drug-likeness (QED) is 0.760.